The predicted octanol–water partition coefficient (Wildman–Crippen LogP) is 5.62. The summed E-state index contributed by atoms with van der Waals surface area (Å²) < 4.78 is 1.21. The predicted molar refractivity (Wildman–Crippen MR) is 88.6 cm³/mol. The van der Waals surface area contributed by atoms with Gasteiger partial charge in [0.1, 0.15) is 0 Å². The first-order valence-corrected chi connectivity index (χ1v) is 8.34. The number of hydrogen-bond acceptors (Lipinski definition) is 1. The summed E-state index contributed by atoms with van der Waals surface area (Å²) in [5.41, 5.74) is 2.70. The molecule has 0 aliphatic carbocycles. The molecule has 0 aliphatic heterocycles. The molecular formula is C17H28BrN. The molecule has 108 valence electrons. The molecule has 2 heteroatoms. The van der Waals surface area contributed by atoms with Gasteiger partial charge >= 0.3 is 0 Å². The van der Waals surface area contributed by atoms with E-state index in [9.17, 15) is 0 Å². The zero-order valence-corrected chi connectivity index (χ0v) is 14.4. The van der Waals surface area contributed by atoms with Gasteiger partial charge in [0, 0.05) is 10.5 Å². The summed E-state index contributed by atoms with van der Waals surface area (Å²) >= 11 is 3.64. The first-order chi connectivity index (χ1) is 9.12. The summed E-state index contributed by atoms with van der Waals surface area (Å²) in [5.74, 6) is 0.831. The van der Waals surface area contributed by atoms with Crippen molar-refractivity contribution in [2.75, 3.05) is 7.05 Å². The van der Waals surface area contributed by atoms with E-state index in [1.54, 1.807) is 0 Å². The van der Waals surface area contributed by atoms with E-state index in [1.165, 1.54) is 47.7 Å². The summed E-state index contributed by atoms with van der Waals surface area (Å²) in [5, 5.41) is 3.49. The van der Waals surface area contributed by atoms with Gasteiger partial charge in [-0.05, 0) is 43.5 Å². The summed E-state index contributed by atoms with van der Waals surface area (Å²) in [4.78, 5) is 0. The van der Waals surface area contributed by atoms with Crippen LogP contribution < -0.4 is 5.32 Å². The highest BCUT2D eigenvalue weighted by Gasteiger charge is 2.16. The Morgan fingerprint density at radius 2 is 2.00 bits per heavy atom. The maximum Gasteiger partial charge on any atom is 0.0320 e. The second-order valence-electron chi connectivity index (χ2n) is 5.50. The maximum atomic E-state index is 3.64. The molecule has 0 spiro atoms. The molecule has 0 heterocycles. The molecule has 1 rings (SSSR count). The Balaban J connectivity index is 2.72. The van der Waals surface area contributed by atoms with Crippen LogP contribution in [0.1, 0.15) is 63.1 Å². The molecular weight excluding hydrogens is 298 g/mol. The number of unbranched alkanes of at least 4 members (excludes halogenated alkanes) is 1. The van der Waals surface area contributed by atoms with E-state index in [0.717, 1.165) is 5.92 Å². The zero-order chi connectivity index (χ0) is 14.3. The quantitative estimate of drug-likeness (QED) is 0.653. The van der Waals surface area contributed by atoms with E-state index in [2.05, 4.69) is 67.3 Å². The minimum absolute atomic E-state index is 0.471. The third kappa shape index (κ3) is 5.27. The molecule has 0 bridgehead atoms. The van der Waals surface area contributed by atoms with Crippen LogP contribution in [0.5, 0.6) is 0 Å². The van der Waals surface area contributed by atoms with E-state index >= 15 is 0 Å². The standard InChI is InChI=1S/C17H28BrN/c1-5-7-8-14(6-2)11-17(19-4)15-10-9-13(3)16(18)12-15/h9-10,12,14,17,19H,5-8,11H2,1-4H3. The number of benzene rings is 1. The van der Waals surface area contributed by atoms with Crippen LogP contribution in [0.4, 0.5) is 0 Å². The van der Waals surface area contributed by atoms with Gasteiger partial charge < -0.3 is 5.32 Å². The molecule has 1 N–H and O–H groups in total. The summed E-state index contributed by atoms with van der Waals surface area (Å²) in [6.45, 7) is 6.73. The Bertz CT molecular complexity index is 376. The van der Waals surface area contributed by atoms with Crippen LogP contribution in [-0.2, 0) is 0 Å². The lowest BCUT2D eigenvalue weighted by atomic mass is 9.89. The highest BCUT2D eigenvalue weighted by molar-refractivity contribution is 9.10. The molecule has 0 saturated carbocycles. The van der Waals surface area contributed by atoms with Crippen LogP contribution in [0.25, 0.3) is 0 Å². The average Bonchev–Trinajstić information content (AvgIpc) is 2.42. The Morgan fingerprint density at radius 1 is 1.26 bits per heavy atom. The maximum absolute atomic E-state index is 3.64. The van der Waals surface area contributed by atoms with Gasteiger partial charge in [0.15, 0.2) is 0 Å². The Labute approximate surface area is 127 Å². The van der Waals surface area contributed by atoms with Gasteiger partial charge in [-0.3, -0.25) is 0 Å². The molecule has 0 fully saturated rings. The average molecular weight is 326 g/mol. The second kappa shape index (κ2) is 8.76. The fraction of sp³-hybridized carbons (Fsp3) is 0.647. The number of halogens is 1. The highest BCUT2D eigenvalue weighted by Crippen LogP contribution is 2.29. The van der Waals surface area contributed by atoms with Crippen LogP contribution in [0, 0.1) is 12.8 Å². The van der Waals surface area contributed by atoms with Gasteiger partial charge in [-0.25, -0.2) is 0 Å². The largest absolute Gasteiger partial charge is 0.313 e. The molecule has 1 aromatic rings. The van der Waals surface area contributed by atoms with Crippen molar-refractivity contribution in [3.8, 4) is 0 Å². The molecule has 0 amide bonds. The number of aryl methyl sites for hydroxylation is 1. The van der Waals surface area contributed by atoms with Gasteiger partial charge in [0.05, 0.1) is 0 Å². The van der Waals surface area contributed by atoms with Gasteiger partial charge in [-0.1, -0.05) is 67.6 Å². The van der Waals surface area contributed by atoms with Crippen molar-refractivity contribution in [2.45, 2.75) is 58.9 Å². The fourth-order valence-electron chi connectivity index (χ4n) is 2.56. The second-order valence-corrected chi connectivity index (χ2v) is 6.36. The van der Waals surface area contributed by atoms with Crippen molar-refractivity contribution in [2.24, 2.45) is 5.92 Å². The molecule has 2 unspecified atom stereocenters. The van der Waals surface area contributed by atoms with E-state index in [-0.39, 0.29) is 0 Å². The highest BCUT2D eigenvalue weighted by atomic mass is 79.9. The number of hydrogen-bond donors (Lipinski definition) is 1. The number of nitrogens with one attached hydrogen (secondary N) is 1. The molecule has 0 aromatic heterocycles. The van der Waals surface area contributed by atoms with Crippen LogP contribution in [0.2, 0.25) is 0 Å². The molecule has 0 radical (unpaired) electrons. The molecule has 0 aliphatic rings. The van der Waals surface area contributed by atoms with Gasteiger partial charge in [0.25, 0.3) is 0 Å². The van der Waals surface area contributed by atoms with Crippen molar-refractivity contribution in [1.29, 1.82) is 0 Å². The van der Waals surface area contributed by atoms with Crippen molar-refractivity contribution in [1.82, 2.24) is 5.32 Å². The Morgan fingerprint density at radius 3 is 2.53 bits per heavy atom. The minimum atomic E-state index is 0.471. The first kappa shape index (κ1) is 16.7. The Kier molecular flexibility index (Phi) is 7.70. The van der Waals surface area contributed by atoms with Crippen molar-refractivity contribution >= 4 is 15.9 Å². The monoisotopic (exact) mass is 325 g/mol. The van der Waals surface area contributed by atoms with E-state index in [1.807, 2.05) is 0 Å². The molecule has 1 nitrogen and oxygen atoms in total. The molecule has 0 saturated heterocycles. The van der Waals surface area contributed by atoms with Crippen molar-refractivity contribution in [3.05, 3.63) is 33.8 Å². The fourth-order valence-corrected chi connectivity index (χ4v) is 2.96. The zero-order valence-electron chi connectivity index (χ0n) is 12.8. The summed E-state index contributed by atoms with van der Waals surface area (Å²) in [6.07, 6.45) is 6.54. The van der Waals surface area contributed by atoms with Crippen LogP contribution in [-0.4, -0.2) is 7.05 Å². The lowest BCUT2D eigenvalue weighted by Gasteiger charge is -2.23. The number of rotatable bonds is 8. The van der Waals surface area contributed by atoms with Gasteiger partial charge in [0.2, 0.25) is 0 Å². The van der Waals surface area contributed by atoms with E-state index < -0.39 is 0 Å². The third-order valence-corrected chi connectivity index (χ3v) is 4.91. The van der Waals surface area contributed by atoms with Crippen molar-refractivity contribution in [3.63, 3.8) is 0 Å². The van der Waals surface area contributed by atoms with E-state index in [4.69, 9.17) is 0 Å². The van der Waals surface area contributed by atoms with Crippen molar-refractivity contribution < 1.29 is 0 Å². The first-order valence-electron chi connectivity index (χ1n) is 7.55. The topological polar surface area (TPSA) is 12.0 Å². The van der Waals surface area contributed by atoms with Gasteiger partial charge in [-0.2, -0.15) is 0 Å². The van der Waals surface area contributed by atoms with Gasteiger partial charge in [-0.15, -0.1) is 0 Å². The third-order valence-electron chi connectivity index (χ3n) is 4.06. The summed E-state index contributed by atoms with van der Waals surface area (Å²) in [7, 11) is 2.07. The molecule has 2 atom stereocenters. The normalized spacial score (nSPS) is 14.4. The molecule has 1 aromatic carbocycles. The molecule has 19 heavy (non-hydrogen) atoms. The SMILES string of the molecule is CCCCC(CC)CC(NC)c1ccc(C)c(Br)c1. The lowest BCUT2D eigenvalue weighted by molar-refractivity contribution is 0.365. The Hall–Kier alpha value is -0.340. The van der Waals surface area contributed by atoms with Crippen LogP contribution >= 0.6 is 15.9 Å². The summed E-state index contributed by atoms with van der Waals surface area (Å²) in [6, 6.07) is 7.20. The smallest absolute Gasteiger partial charge is 0.0320 e. The lowest BCUT2D eigenvalue weighted by Crippen LogP contribution is -2.20. The minimum Gasteiger partial charge on any atom is -0.313 e. The van der Waals surface area contributed by atoms with E-state index in [0.29, 0.717) is 6.04 Å². The van der Waals surface area contributed by atoms with Crippen LogP contribution in [0.15, 0.2) is 22.7 Å². The van der Waals surface area contributed by atoms with Crippen LogP contribution in [0.3, 0.4) is 0 Å².